The number of aromatic nitrogens is 8. The van der Waals surface area contributed by atoms with Crippen LogP contribution in [-0.2, 0) is 0 Å². The minimum absolute atomic E-state index is 0.582. The second kappa shape index (κ2) is 17.2. The highest BCUT2D eigenvalue weighted by Crippen LogP contribution is 2.38. The van der Waals surface area contributed by atoms with E-state index in [-0.39, 0.29) is 0 Å². The number of hydrogen-bond acceptors (Lipinski definition) is 8. The molecule has 0 saturated carbocycles. The van der Waals surface area contributed by atoms with Gasteiger partial charge in [0.25, 0.3) is 0 Å². The molecule has 0 bridgehead atoms. The third-order valence-corrected chi connectivity index (χ3v) is 11.0. The van der Waals surface area contributed by atoms with Crippen LogP contribution in [-0.4, -0.2) is 39.9 Å². The maximum absolute atomic E-state index is 5.09. The Hall–Kier alpha value is -8.36. The van der Waals surface area contributed by atoms with Gasteiger partial charge in [0.05, 0.1) is 0 Å². The van der Waals surface area contributed by atoms with Gasteiger partial charge in [0.2, 0.25) is 0 Å². The topological polar surface area (TPSA) is 103 Å². The predicted molar refractivity (Wildman–Crippen MR) is 257 cm³/mol. The van der Waals surface area contributed by atoms with Gasteiger partial charge in [-0.3, -0.25) is 0 Å². The number of aryl methyl sites for hydroxylation is 4. The van der Waals surface area contributed by atoms with Gasteiger partial charge in [0, 0.05) is 50.3 Å². The largest absolute Gasteiger partial charge is 0.233 e. The van der Waals surface area contributed by atoms with Crippen molar-refractivity contribution >= 4 is 0 Å². The molecule has 0 fully saturated rings. The third kappa shape index (κ3) is 8.45. The highest BCUT2D eigenvalue weighted by Gasteiger charge is 2.18. The molecule has 0 spiro atoms. The summed E-state index contributed by atoms with van der Waals surface area (Å²) >= 11 is 0. The molecule has 8 nitrogen and oxygen atoms in total. The quantitative estimate of drug-likeness (QED) is 0.142. The molecule has 0 aliphatic heterocycles. The van der Waals surface area contributed by atoms with Crippen LogP contribution in [0.3, 0.4) is 0 Å². The molecule has 0 unspecified atom stereocenters. The fourth-order valence-electron chi connectivity index (χ4n) is 7.95. The van der Waals surface area contributed by atoms with Gasteiger partial charge in [-0.1, -0.05) is 157 Å². The Bertz CT molecular complexity index is 3310. The van der Waals surface area contributed by atoms with E-state index in [4.69, 9.17) is 39.9 Å². The molecule has 0 aliphatic carbocycles. The van der Waals surface area contributed by atoms with Gasteiger partial charge in [-0.05, 0) is 86.3 Å². The summed E-state index contributed by atoms with van der Waals surface area (Å²) < 4.78 is 0. The fraction of sp³-hybridized carbons (Fsp3) is 0.0714. The van der Waals surface area contributed by atoms with Crippen LogP contribution in [0.4, 0.5) is 0 Å². The number of hydrogen-bond donors (Lipinski definition) is 0. The van der Waals surface area contributed by atoms with E-state index in [0.717, 1.165) is 83.7 Å². The van der Waals surface area contributed by atoms with Crippen LogP contribution in [0.25, 0.3) is 102 Å². The van der Waals surface area contributed by atoms with E-state index in [1.165, 1.54) is 0 Å². The van der Waals surface area contributed by atoms with Crippen molar-refractivity contribution in [3.05, 3.63) is 205 Å². The summed E-state index contributed by atoms with van der Waals surface area (Å²) in [5, 5.41) is 0. The second-order valence-corrected chi connectivity index (χ2v) is 16.0. The first-order chi connectivity index (χ1) is 31.3. The maximum atomic E-state index is 5.09. The molecular formula is C56H42N8. The van der Waals surface area contributed by atoms with Crippen molar-refractivity contribution in [3.8, 4) is 102 Å². The average molecular weight is 827 g/mol. The molecule has 0 N–H and O–H groups in total. The van der Waals surface area contributed by atoms with Gasteiger partial charge in [-0.15, -0.1) is 0 Å². The summed E-state index contributed by atoms with van der Waals surface area (Å²) in [5.74, 6) is 4.30. The highest BCUT2D eigenvalue weighted by atomic mass is 15.0. The Morgan fingerprint density at radius 3 is 0.984 bits per heavy atom. The molecular weight excluding hydrogens is 785 g/mol. The van der Waals surface area contributed by atoms with Gasteiger partial charge in [-0.25, -0.2) is 39.9 Å². The normalized spacial score (nSPS) is 11.1. The molecule has 3 heterocycles. The van der Waals surface area contributed by atoms with Gasteiger partial charge < -0.3 is 0 Å². The minimum Gasteiger partial charge on any atom is -0.233 e. The Morgan fingerprint density at radius 2 is 0.547 bits per heavy atom. The molecule has 8 heteroatoms. The molecule has 0 radical (unpaired) electrons. The van der Waals surface area contributed by atoms with E-state index in [0.29, 0.717) is 40.8 Å². The smallest absolute Gasteiger partial charge is 0.164 e. The molecule has 3 aromatic heterocycles. The standard InChI is InChI=1S/C56H42N8/c1-35-15-11-23-43(29-35)53-59-50(39-17-7-5-8-18-39)61-55(63-53)45-25-13-21-41(32-45)48-28-27-47(52-57-37(3)31-38(4)58-52)34-49(48)42-22-14-26-46(33-42)56-62-51(40-19-9-6-10-20-40)60-54(64-56)44-24-12-16-36(2)30-44/h5-34H,1-4H3. The molecule has 0 amide bonds. The Morgan fingerprint density at radius 1 is 0.219 bits per heavy atom. The molecule has 0 atom stereocenters. The molecule has 306 valence electrons. The minimum atomic E-state index is 0.582. The van der Waals surface area contributed by atoms with Crippen LogP contribution in [0.15, 0.2) is 182 Å². The van der Waals surface area contributed by atoms with Crippen LogP contribution in [0.5, 0.6) is 0 Å². The second-order valence-electron chi connectivity index (χ2n) is 16.0. The van der Waals surface area contributed by atoms with Crippen molar-refractivity contribution in [1.82, 2.24) is 39.9 Å². The summed E-state index contributed by atoms with van der Waals surface area (Å²) in [6, 6.07) is 61.9. The SMILES string of the molecule is Cc1cccc(-c2nc(-c3ccccc3)nc(-c3cccc(-c4ccc(-c5nc(C)cc(C)n5)cc4-c4cccc(-c5nc(-c6ccccc6)nc(-c6cccc(C)c6)n5)c4)c3)n2)c1. The lowest BCUT2D eigenvalue weighted by Crippen LogP contribution is -2.01. The first-order valence-electron chi connectivity index (χ1n) is 21.2. The van der Waals surface area contributed by atoms with E-state index in [9.17, 15) is 0 Å². The van der Waals surface area contributed by atoms with Crippen LogP contribution in [0.1, 0.15) is 22.5 Å². The van der Waals surface area contributed by atoms with Gasteiger partial charge >= 0.3 is 0 Å². The first kappa shape index (κ1) is 39.8. The maximum Gasteiger partial charge on any atom is 0.164 e. The predicted octanol–water partition coefficient (Wildman–Crippen LogP) is 13.1. The Balaban J connectivity index is 1.13. The zero-order valence-corrected chi connectivity index (χ0v) is 35.9. The average Bonchev–Trinajstić information content (AvgIpc) is 3.34. The summed E-state index contributed by atoms with van der Waals surface area (Å²) in [6.45, 7) is 8.15. The molecule has 10 rings (SSSR count). The molecule has 64 heavy (non-hydrogen) atoms. The fourth-order valence-corrected chi connectivity index (χ4v) is 7.95. The number of benzene rings is 7. The van der Waals surface area contributed by atoms with E-state index in [1.807, 2.05) is 105 Å². The van der Waals surface area contributed by atoms with Crippen molar-refractivity contribution in [2.75, 3.05) is 0 Å². The molecule has 0 saturated heterocycles. The first-order valence-corrected chi connectivity index (χ1v) is 21.2. The zero-order valence-electron chi connectivity index (χ0n) is 35.9. The van der Waals surface area contributed by atoms with E-state index >= 15 is 0 Å². The lowest BCUT2D eigenvalue weighted by molar-refractivity contribution is 1.06. The van der Waals surface area contributed by atoms with Crippen molar-refractivity contribution in [2.45, 2.75) is 27.7 Å². The third-order valence-electron chi connectivity index (χ3n) is 11.0. The van der Waals surface area contributed by atoms with Crippen LogP contribution < -0.4 is 0 Å². The van der Waals surface area contributed by atoms with Crippen LogP contribution >= 0.6 is 0 Å². The van der Waals surface area contributed by atoms with E-state index in [2.05, 4.69) is 105 Å². The number of rotatable bonds is 9. The lowest BCUT2D eigenvalue weighted by Gasteiger charge is -2.15. The van der Waals surface area contributed by atoms with Crippen molar-refractivity contribution < 1.29 is 0 Å². The van der Waals surface area contributed by atoms with Gasteiger partial charge in [0.15, 0.2) is 40.8 Å². The van der Waals surface area contributed by atoms with Gasteiger partial charge in [0.1, 0.15) is 0 Å². The summed E-state index contributed by atoms with van der Waals surface area (Å²) in [6.07, 6.45) is 0. The van der Waals surface area contributed by atoms with Gasteiger partial charge in [-0.2, -0.15) is 0 Å². The molecule has 0 aliphatic rings. The lowest BCUT2D eigenvalue weighted by atomic mass is 9.91. The van der Waals surface area contributed by atoms with E-state index < -0.39 is 0 Å². The molecule has 7 aromatic carbocycles. The van der Waals surface area contributed by atoms with Crippen LogP contribution in [0, 0.1) is 27.7 Å². The van der Waals surface area contributed by atoms with Crippen molar-refractivity contribution in [1.29, 1.82) is 0 Å². The summed E-state index contributed by atoms with van der Waals surface area (Å²) in [4.78, 5) is 39.9. The van der Waals surface area contributed by atoms with Crippen molar-refractivity contribution in [2.24, 2.45) is 0 Å². The summed E-state index contributed by atoms with van der Waals surface area (Å²) in [7, 11) is 0. The van der Waals surface area contributed by atoms with E-state index in [1.54, 1.807) is 0 Å². The van der Waals surface area contributed by atoms with Crippen LogP contribution in [0.2, 0.25) is 0 Å². The zero-order chi connectivity index (χ0) is 43.6. The number of nitrogens with zero attached hydrogens (tertiary/aromatic N) is 8. The Labute approximate surface area is 372 Å². The molecule has 10 aromatic rings. The highest BCUT2D eigenvalue weighted by molar-refractivity contribution is 5.89. The summed E-state index contributed by atoms with van der Waals surface area (Å²) in [5.41, 5.74) is 14.4. The van der Waals surface area contributed by atoms with Crippen molar-refractivity contribution in [3.63, 3.8) is 0 Å². The monoisotopic (exact) mass is 826 g/mol. The Kier molecular flexibility index (Phi) is 10.7.